The quantitative estimate of drug-likeness (QED) is 0.604. The fraction of sp³-hybridized carbons (Fsp3) is 0.200. The molecular formula is C10H8Cl2N2O. The van der Waals surface area contributed by atoms with Gasteiger partial charge in [0.05, 0.1) is 12.1 Å². The minimum atomic E-state index is -0.121. The maximum absolute atomic E-state index is 10.5. The third-order valence-electron chi connectivity index (χ3n) is 1.46. The summed E-state index contributed by atoms with van der Waals surface area (Å²) in [7, 11) is 0. The molecule has 0 saturated heterocycles. The molecule has 0 fully saturated rings. The number of carbonyl (C=O) groups excluding carboxylic acids is 1. The van der Waals surface area contributed by atoms with Crippen LogP contribution in [0.2, 0.25) is 10.3 Å². The normalized spacial score (nSPS) is 9.00. The number of amides is 1. The zero-order valence-corrected chi connectivity index (χ0v) is 9.49. The van der Waals surface area contributed by atoms with Gasteiger partial charge in [-0.15, -0.1) is 0 Å². The topological polar surface area (TPSA) is 42.0 Å². The number of halogens is 2. The van der Waals surface area contributed by atoms with E-state index in [0.29, 0.717) is 10.7 Å². The van der Waals surface area contributed by atoms with Crippen LogP contribution in [0.3, 0.4) is 0 Å². The SMILES string of the molecule is CC(=O)NCC#Cc1ccc(Cl)nc1Cl. The molecule has 1 aromatic rings. The van der Waals surface area contributed by atoms with Crippen LogP contribution in [0.25, 0.3) is 0 Å². The number of carbonyl (C=O) groups is 1. The van der Waals surface area contributed by atoms with Gasteiger partial charge in [0.1, 0.15) is 10.3 Å². The van der Waals surface area contributed by atoms with E-state index in [9.17, 15) is 4.79 Å². The Morgan fingerprint density at radius 2 is 2.27 bits per heavy atom. The number of rotatable bonds is 1. The van der Waals surface area contributed by atoms with Crippen LogP contribution >= 0.6 is 23.2 Å². The fourth-order valence-electron chi connectivity index (χ4n) is 0.813. The summed E-state index contributed by atoms with van der Waals surface area (Å²) in [5.41, 5.74) is 0.589. The third-order valence-corrected chi connectivity index (χ3v) is 1.96. The summed E-state index contributed by atoms with van der Waals surface area (Å²) in [6.45, 7) is 1.72. The first kappa shape index (κ1) is 11.8. The van der Waals surface area contributed by atoms with Gasteiger partial charge in [-0.1, -0.05) is 35.0 Å². The minimum Gasteiger partial charge on any atom is -0.345 e. The molecule has 0 bridgehead atoms. The molecule has 78 valence electrons. The van der Waals surface area contributed by atoms with E-state index in [1.165, 1.54) is 6.92 Å². The predicted molar refractivity (Wildman–Crippen MR) is 59.8 cm³/mol. The fourth-order valence-corrected chi connectivity index (χ4v) is 1.21. The first-order chi connectivity index (χ1) is 7.09. The number of aromatic nitrogens is 1. The summed E-state index contributed by atoms with van der Waals surface area (Å²) in [5.74, 6) is 5.40. The van der Waals surface area contributed by atoms with E-state index in [1.807, 2.05) is 0 Å². The first-order valence-electron chi connectivity index (χ1n) is 4.15. The van der Waals surface area contributed by atoms with Crippen molar-refractivity contribution in [3.63, 3.8) is 0 Å². The molecule has 0 aliphatic heterocycles. The molecule has 0 aliphatic carbocycles. The number of hydrogen-bond acceptors (Lipinski definition) is 2. The van der Waals surface area contributed by atoms with Crippen LogP contribution < -0.4 is 5.32 Å². The lowest BCUT2D eigenvalue weighted by molar-refractivity contribution is -0.118. The van der Waals surface area contributed by atoms with Crippen molar-refractivity contribution in [2.45, 2.75) is 6.92 Å². The average Bonchev–Trinajstić information content (AvgIpc) is 2.14. The second kappa shape index (κ2) is 5.59. The van der Waals surface area contributed by atoms with Gasteiger partial charge in [0.2, 0.25) is 5.91 Å². The van der Waals surface area contributed by atoms with Crippen molar-refractivity contribution < 1.29 is 4.79 Å². The van der Waals surface area contributed by atoms with E-state index in [-0.39, 0.29) is 17.6 Å². The molecule has 0 atom stereocenters. The van der Waals surface area contributed by atoms with Crippen molar-refractivity contribution in [3.05, 3.63) is 28.0 Å². The van der Waals surface area contributed by atoms with E-state index in [0.717, 1.165) is 0 Å². The molecule has 0 saturated carbocycles. The van der Waals surface area contributed by atoms with Crippen LogP contribution in [0.1, 0.15) is 12.5 Å². The molecule has 5 heteroatoms. The standard InChI is InChI=1S/C10H8Cl2N2O/c1-7(15)13-6-2-3-8-4-5-9(11)14-10(8)12/h4-5H,6H2,1H3,(H,13,15). The van der Waals surface area contributed by atoms with Crippen molar-refractivity contribution in [1.82, 2.24) is 10.3 Å². The number of hydrogen-bond donors (Lipinski definition) is 1. The largest absolute Gasteiger partial charge is 0.345 e. The summed E-state index contributed by atoms with van der Waals surface area (Å²) in [4.78, 5) is 14.4. The van der Waals surface area contributed by atoms with E-state index in [2.05, 4.69) is 22.1 Å². The smallest absolute Gasteiger partial charge is 0.217 e. The lowest BCUT2D eigenvalue weighted by Gasteiger charge is -1.95. The highest BCUT2D eigenvalue weighted by atomic mass is 35.5. The predicted octanol–water partition coefficient (Wildman–Crippen LogP) is 1.88. The number of nitrogens with zero attached hydrogens (tertiary/aromatic N) is 1. The van der Waals surface area contributed by atoms with Gasteiger partial charge in [-0.25, -0.2) is 4.98 Å². The lowest BCUT2D eigenvalue weighted by atomic mass is 10.3. The second-order valence-corrected chi connectivity index (χ2v) is 3.43. The van der Waals surface area contributed by atoms with Gasteiger partial charge in [0.25, 0.3) is 0 Å². The number of nitrogens with one attached hydrogen (secondary N) is 1. The van der Waals surface area contributed by atoms with Crippen molar-refractivity contribution in [1.29, 1.82) is 0 Å². The average molecular weight is 243 g/mol. The molecule has 0 radical (unpaired) electrons. The van der Waals surface area contributed by atoms with Crippen LogP contribution in [0.4, 0.5) is 0 Å². The van der Waals surface area contributed by atoms with Crippen LogP contribution in [0.5, 0.6) is 0 Å². The molecule has 0 unspecified atom stereocenters. The molecular weight excluding hydrogens is 235 g/mol. The van der Waals surface area contributed by atoms with Crippen molar-refractivity contribution >= 4 is 29.1 Å². The first-order valence-corrected chi connectivity index (χ1v) is 4.90. The molecule has 0 aliphatic rings. The maximum Gasteiger partial charge on any atom is 0.217 e. The molecule has 1 N–H and O–H groups in total. The molecule has 1 heterocycles. The Kier molecular flexibility index (Phi) is 4.41. The van der Waals surface area contributed by atoms with Crippen molar-refractivity contribution in [3.8, 4) is 11.8 Å². The summed E-state index contributed by atoms with van der Waals surface area (Å²) in [6.07, 6.45) is 0. The van der Waals surface area contributed by atoms with E-state index >= 15 is 0 Å². The highest BCUT2D eigenvalue weighted by molar-refractivity contribution is 6.33. The second-order valence-electron chi connectivity index (χ2n) is 2.68. The van der Waals surface area contributed by atoms with Crippen LogP contribution in [0.15, 0.2) is 12.1 Å². The highest BCUT2D eigenvalue weighted by Crippen LogP contribution is 2.14. The Morgan fingerprint density at radius 1 is 1.53 bits per heavy atom. The third kappa shape index (κ3) is 4.20. The van der Waals surface area contributed by atoms with Gasteiger partial charge in [-0.2, -0.15) is 0 Å². The maximum atomic E-state index is 10.5. The van der Waals surface area contributed by atoms with Crippen molar-refractivity contribution in [2.24, 2.45) is 0 Å². The summed E-state index contributed by atoms with van der Waals surface area (Å²) in [6, 6.07) is 3.29. The summed E-state index contributed by atoms with van der Waals surface area (Å²) < 4.78 is 0. The van der Waals surface area contributed by atoms with Crippen LogP contribution in [-0.4, -0.2) is 17.4 Å². The number of pyridine rings is 1. The Balaban J connectivity index is 2.67. The van der Waals surface area contributed by atoms with Gasteiger partial charge >= 0.3 is 0 Å². The molecule has 0 spiro atoms. The van der Waals surface area contributed by atoms with Gasteiger partial charge in [0, 0.05) is 6.92 Å². The molecule has 15 heavy (non-hydrogen) atoms. The van der Waals surface area contributed by atoms with Crippen molar-refractivity contribution in [2.75, 3.05) is 6.54 Å². The minimum absolute atomic E-state index is 0.121. The summed E-state index contributed by atoms with van der Waals surface area (Å²) in [5, 5.41) is 3.13. The monoisotopic (exact) mass is 242 g/mol. The Labute approximate surface area is 97.8 Å². The van der Waals surface area contributed by atoms with Gasteiger partial charge in [0.15, 0.2) is 0 Å². The van der Waals surface area contributed by atoms with Crippen LogP contribution in [-0.2, 0) is 4.79 Å². The molecule has 3 nitrogen and oxygen atoms in total. The van der Waals surface area contributed by atoms with Crippen LogP contribution in [0, 0.1) is 11.8 Å². The van der Waals surface area contributed by atoms with Gasteiger partial charge in [-0.05, 0) is 12.1 Å². The molecule has 1 aromatic heterocycles. The van der Waals surface area contributed by atoms with E-state index in [1.54, 1.807) is 12.1 Å². The highest BCUT2D eigenvalue weighted by Gasteiger charge is 1.98. The molecule has 0 aromatic carbocycles. The van der Waals surface area contributed by atoms with E-state index in [4.69, 9.17) is 23.2 Å². The lowest BCUT2D eigenvalue weighted by Crippen LogP contribution is -2.19. The zero-order chi connectivity index (χ0) is 11.3. The van der Waals surface area contributed by atoms with E-state index < -0.39 is 0 Å². The van der Waals surface area contributed by atoms with Gasteiger partial charge < -0.3 is 5.32 Å². The molecule has 1 amide bonds. The van der Waals surface area contributed by atoms with Gasteiger partial charge in [-0.3, -0.25) is 4.79 Å². The molecule has 1 rings (SSSR count). The zero-order valence-electron chi connectivity index (χ0n) is 7.97. The Bertz CT molecular complexity index is 435. The Hall–Kier alpha value is -1.24. The Morgan fingerprint density at radius 3 is 2.87 bits per heavy atom. The summed E-state index contributed by atoms with van der Waals surface area (Å²) >= 11 is 11.4.